The number of unbranched alkanes of at least 4 members (excludes halogenated alkanes) is 10. The SMILES string of the molecule is CCCCCCCCOC(=O)c1ccccc1C(=O)OCCCCCCCC.OCCO.c1ccccc1. The number of carbonyl (C=O) groups excluding carboxylic acids is 2. The van der Waals surface area contributed by atoms with E-state index >= 15 is 0 Å². The first-order chi connectivity index (χ1) is 18.6. The number of hydrogen-bond donors (Lipinski definition) is 2. The van der Waals surface area contributed by atoms with E-state index < -0.39 is 11.9 Å². The molecule has 0 radical (unpaired) electrons. The average Bonchev–Trinajstić information content (AvgIpc) is 2.97. The Hall–Kier alpha value is -2.70. The van der Waals surface area contributed by atoms with Crippen molar-refractivity contribution in [3.8, 4) is 0 Å². The number of carbonyl (C=O) groups is 2. The smallest absolute Gasteiger partial charge is 0.339 e. The second-order valence-corrected chi connectivity index (χ2v) is 8.95. The maximum absolute atomic E-state index is 12.4. The quantitative estimate of drug-likeness (QED) is 0.164. The second kappa shape index (κ2) is 27.3. The van der Waals surface area contributed by atoms with Gasteiger partial charge in [0.15, 0.2) is 0 Å². The molecular weight excluding hydrogens is 480 g/mol. The summed E-state index contributed by atoms with van der Waals surface area (Å²) < 4.78 is 10.7. The highest BCUT2D eigenvalue weighted by atomic mass is 16.5. The van der Waals surface area contributed by atoms with Crippen LogP contribution in [0.2, 0.25) is 0 Å². The molecule has 0 amide bonds. The molecule has 2 rings (SSSR count). The third-order valence-electron chi connectivity index (χ3n) is 5.60. The Morgan fingerprint density at radius 2 is 0.842 bits per heavy atom. The predicted octanol–water partition coefficient (Wildman–Crippen LogP) is 7.38. The molecule has 0 saturated carbocycles. The maximum Gasteiger partial charge on any atom is 0.339 e. The summed E-state index contributed by atoms with van der Waals surface area (Å²) in [6, 6.07) is 18.7. The molecule has 0 atom stereocenters. The highest BCUT2D eigenvalue weighted by Crippen LogP contribution is 2.14. The Morgan fingerprint density at radius 3 is 1.16 bits per heavy atom. The van der Waals surface area contributed by atoms with Gasteiger partial charge >= 0.3 is 11.9 Å². The van der Waals surface area contributed by atoms with Crippen molar-refractivity contribution in [1.29, 1.82) is 0 Å². The molecule has 0 unspecified atom stereocenters. The van der Waals surface area contributed by atoms with Crippen LogP contribution in [0.25, 0.3) is 0 Å². The Balaban J connectivity index is 0.00000114. The molecule has 0 aromatic heterocycles. The first-order valence-electron chi connectivity index (χ1n) is 14.3. The van der Waals surface area contributed by atoms with Gasteiger partial charge in [-0.1, -0.05) is 127 Å². The van der Waals surface area contributed by atoms with Crippen LogP contribution in [0.15, 0.2) is 60.7 Å². The van der Waals surface area contributed by atoms with E-state index in [-0.39, 0.29) is 13.2 Å². The van der Waals surface area contributed by atoms with E-state index in [1.165, 1.54) is 51.4 Å². The Labute approximate surface area is 230 Å². The van der Waals surface area contributed by atoms with Crippen LogP contribution in [-0.4, -0.2) is 48.6 Å². The summed E-state index contributed by atoms with van der Waals surface area (Å²) in [5, 5.41) is 15.2. The van der Waals surface area contributed by atoms with Gasteiger partial charge in [0.25, 0.3) is 0 Å². The number of hydrogen-bond acceptors (Lipinski definition) is 6. The summed E-state index contributed by atoms with van der Waals surface area (Å²) in [7, 11) is 0. The maximum atomic E-state index is 12.4. The van der Waals surface area contributed by atoms with Crippen LogP contribution < -0.4 is 0 Å². The third-order valence-corrected chi connectivity index (χ3v) is 5.60. The summed E-state index contributed by atoms with van der Waals surface area (Å²) >= 11 is 0. The van der Waals surface area contributed by atoms with Gasteiger partial charge in [-0.25, -0.2) is 9.59 Å². The number of aliphatic hydroxyl groups is 2. The van der Waals surface area contributed by atoms with Crippen molar-refractivity contribution < 1.29 is 29.3 Å². The van der Waals surface area contributed by atoms with E-state index in [1.54, 1.807) is 24.3 Å². The topological polar surface area (TPSA) is 93.1 Å². The minimum Gasteiger partial charge on any atom is -0.462 e. The lowest BCUT2D eigenvalue weighted by Gasteiger charge is -2.10. The minimum absolute atomic E-state index is 0.125. The van der Waals surface area contributed by atoms with Crippen LogP contribution in [-0.2, 0) is 9.47 Å². The molecule has 6 nitrogen and oxygen atoms in total. The average molecular weight is 531 g/mol. The van der Waals surface area contributed by atoms with Crippen molar-refractivity contribution in [3.63, 3.8) is 0 Å². The number of ether oxygens (including phenoxy) is 2. The molecule has 0 fully saturated rings. The van der Waals surface area contributed by atoms with Gasteiger partial charge in [0.1, 0.15) is 0 Å². The van der Waals surface area contributed by atoms with Gasteiger partial charge in [0.05, 0.1) is 37.6 Å². The van der Waals surface area contributed by atoms with E-state index in [9.17, 15) is 9.59 Å². The molecule has 0 bridgehead atoms. The van der Waals surface area contributed by atoms with E-state index in [0.29, 0.717) is 24.3 Å². The van der Waals surface area contributed by atoms with Crippen molar-refractivity contribution in [2.45, 2.75) is 90.9 Å². The zero-order valence-corrected chi connectivity index (χ0v) is 23.6. The van der Waals surface area contributed by atoms with Crippen LogP contribution in [0.5, 0.6) is 0 Å². The van der Waals surface area contributed by atoms with Crippen LogP contribution in [0.3, 0.4) is 0 Å². The molecule has 0 spiro atoms. The highest BCUT2D eigenvalue weighted by Gasteiger charge is 2.18. The summed E-state index contributed by atoms with van der Waals surface area (Å²) in [6.07, 6.45) is 13.6. The fourth-order valence-electron chi connectivity index (χ4n) is 3.47. The molecule has 214 valence electrons. The fourth-order valence-corrected chi connectivity index (χ4v) is 3.47. The van der Waals surface area contributed by atoms with Gasteiger partial charge in [-0.2, -0.15) is 0 Å². The monoisotopic (exact) mass is 530 g/mol. The van der Waals surface area contributed by atoms with Crippen molar-refractivity contribution in [1.82, 2.24) is 0 Å². The van der Waals surface area contributed by atoms with Gasteiger partial charge in [-0.3, -0.25) is 0 Å². The largest absolute Gasteiger partial charge is 0.462 e. The third kappa shape index (κ3) is 20.4. The lowest BCUT2D eigenvalue weighted by Crippen LogP contribution is -2.15. The van der Waals surface area contributed by atoms with Crippen LogP contribution in [0, 0.1) is 0 Å². The number of aliphatic hydroxyl groups excluding tert-OH is 2. The van der Waals surface area contributed by atoms with E-state index in [1.807, 2.05) is 36.4 Å². The summed E-state index contributed by atoms with van der Waals surface area (Å²) in [6.45, 7) is 4.92. The first-order valence-corrected chi connectivity index (χ1v) is 14.3. The molecule has 0 aliphatic carbocycles. The van der Waals surface area contributed by atoms with Gasteiger partial charge < -0.3 is 19.7 Å². The number of rotatable bonds is 17. The van der Waals surface area contributed by atoms with Crippen LogP contribution in [0.4, 0.5) is 0 Å². The number of benzene rings is 2. The molecule has 38 heavy (non-hydrogen) atoms. The summed E-state index contributed by atoms with van der Waals surface area (Å²) in [4.78, 5) is 24.7. The minimum atomic E-state index is -0.444. The molecule has 0 heterocycles. The van der Waals surface area contributed by atoms with E-state index in [4.69, 9.17) is 19.7 Å². The molecule has 2 N–H and O–H groups in total. The van der Waals surface area contributed by atoms with Crippen molar-refractivity contribution in [2.24, 2.45) is 0 Å². The molecular formula is C32H50O6. The molecule has 0 aliphatic heterocycles. The lowest BCUT2D eigenvalue weighted by atomic mass is 10.1. The zero-order chi connectivity index (χ0) is 28.1. The van der Waals surface area contributed by atoms with Gasteiger partial charge in [-0.15, -0.1) is 0 Å². The zero-order valence-electron chi connectivity index (χ0n) is 23.6. The van der Waals surface area contributed by atoms with E-state index in [2.05, 4.69) is 13.8 Å². The molecule has 6 heteroatoms. The summed E-state index contributed by atoms with van der Waals surface area (Å²) in [5.41, 5.74) is 0.586. The first kappa shape index (κ1) is 35.3. The van der Waals surface area contributed by atoms with Crippen molar-refractivity contribution >= 4 is 11.9 Å². The molecule has 2 aromatic carbocycles. The van der Waals surface area contributed by atoms with Gasteiger partial charge in [0.2, 0.25) is 0 Å². The normalized spacial score (nSPS) is 9.89. The second-order valence-electron chi connectivity index (χ2n) is 8.95. The molecule has 2 aromatic rings. The Morgan fingerprint density at radius 1 is 0.526 bits per heavy atom. The highest BCUT2D eigenvalue weighted by molar-refractivity contribution is 6.03. The van der Waals surface area contributed by atoms with Gasteiger partial charge in [0, 0.05) is 0 Å². The Bertz CT molecular complexity index is 716. The Kier molecular flexibility index (Phi) is 25.4. The number of esters is 2. The van der Waals surface area contributed by atoms with Gasteiger partial charge in [-0.05, 0) is 25.0 Å². The van der Waals surface area contributed by atoms with Crippen molar-refractivity contribution in [3.05, 3.63) is 71.8 Å². The predicted molar refractivity (Wildman–Crippen MR) is 154 cm³/mol. The molecule has 0 saturated heterocycles. The van der Waals surface area contributed by atoms with Crippen LogP contribution >= 0.6 is 0 Å². The molecule has 0 aliphatic rings. The summed E-state index contributed by atoms with van der Waals surface area (Å²) in [5.74, 6) is -0.888. The lowest BCUT2D eigenvalue weighted by molar-refractivity contribution is 0.0450. The standard InChI is InChI=1S/C24H38O4.C6H6.C2H6O2/c1-3-5-7-9-11-15-19-27-23(25)21-17-13-14-18-22(21)24(26)28-20-16-12-10-8-6-4-2;1-2-4-6-5-3-1;3-1-2-4/h13-14,17-18H,3-12,15-16,19-20H2,1-2H3;1-6H;3-4H,1-2H2. The van der Waals surface area contributed by atoms with Crippen LogP contribution in [0.1, 0.15) is 112 Å². The van der Waals surface area contributed by atoms with Crippen molar-refractivity contribution in [2.75, 3.05) is 26.4 Å². The van der Waals surface area contributed by atoms with E-state index in [0.717, 1.165) is 25.7 Å². The fraction of sp³-hybridized carbons (Fsp3) is 0.562.